The molecule has 10 aromatic carbocycles. The highest BCUT2D eigenvalue weighted by Gasteiger charge is 2.24. The molecule has 0 spiro atoms. The Morgan fingerprint density at radius 3 is 1.07 bits per heavy atom. The van der Waals surface area contributed by atoms with Crippen molar-refractivity contribution in [2.45, 2.75) is 41.5 Å². The van der Waals surface area contributed by atoms with Crippen LogP contribution in [-0.2, 0) is 28.2 Å². The van der Waals surface area contributed by atoms with E-state index in [0.29, 0.717) is 33.7 Å². The maximum Gasteiger partial charge on any atom is 0.212 e. The van der Waals surface area contributed by atoms with Gasteiger partial charge in [0.25, 0.3) is 0 Å². The monoisotopic (exact) mass is 1380 g/mol. The van der Waals surface area contributed by atoms with Crippen LogP contribution in [0, 0.1) is 77.3 Å². The molecule has 0 atom stereocenters. The molecule has 8 heterocycles. The zero-order valence-electron chi connectivity index (χ0n) is 60.5. The molecule has 8 aromatic heterocycles. The molecule has 18 aromatic rings. The van der Waals surface area contributed by atoms with Gasteiger partial charge in [-0.25, -0.2) is 28.0 Å². The number of fused-ring (bicyclic) bond motifs is 12. The van der Waals surface area contributed by atoms with Crippen molar-refractivity contribution in [3.8, 4) is 79.4 Å². The van der Waals surface area contributed by atoms with Crippen LogP contribution in [0.2, 0.25) is 0 Å². The lowest BCUT2D eigenvalue weighted by molar-refractivity contribution is -0.660. The molecule has 106 heavy (non-hydrogen) atoms. The first kappa shape index (κ1) is 67.8. The summed E-state index contributed by atoms with van der Waals surface area (Å²) in [6.45, 7) is 27.7. The lowest BCUT2D eigenvalue weighted by atomic mass is 9.98. The van der Waals surface area contributed by atoms with Crippen molar-refractivity contribution in [2.24, 2.45) is 28.2 Å². The number of rotatable bonds is 6. The van der Waals surface area contributed by atoms with Gasteiger partial charge in [-0.3, -0.25) is 0 Å². The topological polar surface area (TPSA) is 124 Å². The third kappa shape index (κ3) is 12.5. The molecule has 0 unspecified atom stereocenters. The average Bonchev–Trinajstić information content (AvgIpc) is 1.62. The number of nitriles is 2. The van der Waals surface area contributed by atoms with E-state index in [1.807, 2.05) is 174 Å². The third-order valence-electron chi connectivity index (χ3n) is 20.1. The van der Waals surface area contributed by atoms with Crippen LogP contribution < -0.4 is 18.3 Å². The molecule has 12 nitrogen and oxygen atoms in total. The number of benzene rings is 10. The summed E-state index contributed by atoms with van der Waals surface area (Å²) in [5.74, 6) is 0. The van der Waals surface area contributed by atoms with Crippen LogP contribution in [0.5, 0.6) is 0 Å². The first-order valence-electron chi connectivity index (χ1n) is 34.9. The van der Waals surface area contributed by atoms with Gasteiger partial charge < -0.3 is 17.7 Å². The summed E-state index contributed by atoms with van der Waals surface area (Å²) >= 11 is 0. The molecule has 0 amide bonds. The summed E-state index contributed by atoms with van der Waals surface area (Å²) in [4.78, 5) is 7.55. The van der Waals surface area contributed by atoms with Gasteiger partial charge in [-0.05, 0) is 200 Å². The maximum atomic E-state index is 9.45. The van der Waals surface area contributed by atoms with Crippen molar-refractivity contribution in [3.63, 3.8) is 0 Å². The van der Waals surface area contributed by atoms with Gasteiger partial charge in [0.15, 0.2) is 47.3 Å². The highest BCUT2D eigenvalue weighted by molar-refractivity contribution is 6.13. The van der Waals surface area contributed by atoms with Gasteiger partial charge in [-0.2, -0.15) is 10.5 Å². The molecule has 18 rings (SSSR count). The first-order valence-corrected chi connectivity index (χ1v) is 34.9. The van der Waals surface area contributed by atoms with Crippen LogP contribution >= 0.6 is 0 Å². The molecule has 0 aliphatic heterocycles. The SMILES string of the molecule is Cc1cc(C#N)c2oc3cc(C)c(-c4cccc[n+]4C)cc3c2c1.Cc1cc2oc3c(C#N)c(C)ccc3c2cc1-c1cccc[n+]1C.[C-]#[N+]c1cc2c(cc1-c1ccccc1)oc1cc(C)c(-c3cccc[n+]3C)cc12.[C-]#[N+]c1cc2oc3cc(C)c(-c4cccc[n+]4C)cc3c2cc1-c1ccccc1. The highest BCUT2D eigenvalue weighted by atomic mass is 16.3. The maximum absolute atomic E-state index is 9.45. The Morgan fingerprint density at radius 2 is 0.651 bits per heavy atom. The Morgan fingerprint density at radius 1 is 0.302 bits per heavy atom. The van der Waals surface area contributed by atoms with Crippen LogP contribution in [0.15, 0.2) is 273 Å². The predicted molar refractivity (Wildman–Crippen MR) is 423 cm³/mol. The molecule has 0 radical (unpaired) electrons. The summed E-state index contributed by atoms with van der Waals surface area (Å²) in [5.41, 5.74) is 28.5. The number of aryl methyl sites for hydroxylation is 10. The fraction of sp³-hybridized carbons (Fsp3) is 0.106. The molecule has 0 fully saturated rings. The molecular formula is C94H72N8O4+4. The lowest BCUT2D eigenvalue weighted by Gasteiger charge is -2.06. The van der Waals surface area contributed by atoms with Crippen molar-refractivity contribution in [1.82, 2.24) is 0 Å². The first-order chi connectivity index (χ1) is 51.5. The van der Waals surface area contributed by atoms with E-state index in [1.165, 1.54) is 22.3 Å². The summed E-state index contributed by atoms with van der Waals surface area (Å²) < 4.78 is 32.8. The van der Waals surface area contributed by atoms with Crippen LogP contribution in [0.3, 0.4) is 0 Å². The van der Waals surface area contributed by atoms with E-state index in [4.69, 9.17) is 30.8 Å². The second kappa shape index (κ2) is 28.1. The van der Waals surface area contributed by atoms with Gasteiger partial charge in [-0.15, -0.1) is 0 Å². The number of nitrogens with zero attached hydrogens (tertiary/aromatic N) is 8. The molecule has 0 aliphatic rings. The van der Waals surface area contributed by atoms with Gasteiger partial charge in [0.05, 0.1) is 24.3 Å². The fourth-order valence-corrected chi connectivity index (χ4v) is 14.6. The zero-order chi connectivity index (χ0) is 73.6. The Hall–Kier alpha value is -14.0. The van der Waals surface area contributed by atoms with Gasteiger partial charge >= 0.3 is 0 Å². The largest absolute Gasteiger partial charge is 0.457 e. The Kier molecular flexibility index (Phi) is 17.9. The third-order valence-corrected chi connectivity index (χ3v) is 20.1. The summed E-state index contributed by atoms with van der Waals surface area (Å²) in [6, 6.07) is 82.3. The van der Waals surface area contributed by atoms with E-state index in [2.05, 4.69) is 191 Å². The predicted octanol–water partition coefficient (Wildman–Crippen LogP) is 22.3. The Labute approximate surface area is 613 Å². The second-order valence-electron chi connectivity index (χ2n) is 27.1. The van der Waals surface area contributed by atoms with Gasteiger partial charge in [0.1, 0.15) is 73.8 Å². The molecule has 0 N–H and O–H groups in total. The Bertz CT molecular complexity index is 6750. The van der Waals surface area contributed by atoms with Crippen LogP contribution in [-0.4, -0.2) is 0 Å². The molecule has 0 bridgehead atoms. The van der Waals surface area contributed by atoms with Crippen molar-refractivity contribution in [1.29, 1.82) is 10.5 Å². The minimum Gasteiger partial charge on any atom is -0.457 e. The fourth-order valence-electron chi connectivity index (χ4n) is 14.6. The van der Waals surface area contributed by atoms with Crippen LogP contribution in [0.1, 0.15) is 44.5 Å². The number of furan rings is 4. The molecule has 12 heteroatoms. The van der Waals surface area contributed by atoms with E-state index >= 15 is 0 Å². The summed E-state index contributed by atoms with van der Waals surface area (Å²) in [6.07, 6.45) is 8.20. The van der Waals surface area contributed by atoms with Gasteiger partial charge in [0.2, 0.25) is 22.8 Å². The quantitative estimate of drug-likeness (QED) is 0.121. The number of aromatic nitrogens is 4. The van der Waals surface area contributed by atoms with E-state index in [1.54, 1.807) is 0 Å². The van der Waals surface area contributed by atoms with Crippen LogP contribution in [0.4, 0.5) is 11.4 Å². The smallest absolute Gasteiger partial charge is 0.212 e. The van der Waals surface area contributed by atoms with Crippen molar-refractivity contribution in [3.05, 3.63) is 323 Å². The van der Waals surface area contributed by atoms with Gasteiger partial charge in [-0.1, -0.05) is 78.9 Å². The van der Waals surface area contributed by atoms with E-state index < -0.39 is 0 Å². The molecule has 508 valence electrons. The van der Waals surface area contributed by atoms with Gasteiger partial charge in [0, 0.05) is 114 Å². The number of hydrogen-bond acceptors (Lipinski definition) is 6. The highest BCUT2D eigenvalue weighted by Crippen LogP contribution is 2.44. The molecule has 0 saturated carbocycles. The standard InChI is InChI=1S/2C26H19N2O.2C21H17N2O/c1-17-13-25-21(14-19(17)24-11-7-8-12-28(24)3)22-15-23(27-2)20(16-26(22)29-25)18-9-5-4-6-10-18;1-17-13-25-21(14-19(17)24-11-7-8-12-28(24)3)22-15-20(18-9-5-4-6-10-18)23(27-2)16-26(22)29-25;1-13-7-8-15-17-11-16(19-6-4-5-9-23(19)3)14(2)10-20(17)24-21(15)18(13)12-22;1-13-8-15(12-22)21-18(9-13)17-11-16(14(2)10-20(17)24-21)19-6-4-5-7-23(19)3/h2*4-16H,1,3H3;2*4-11H,1-3H3/q4*+1. The van der Waals surface area contributed by atoms with Crippen LogP contribution in [0.25, 0.3) is 165 Å². The minimum atomic E-state index is 0.589. The molecule has 0 aliphatic carbocycles. The van der Waals surface area contributed by atoms with E-state index in [9.17, 15) is 10.5 Å². The normalized spacial score (nSPS) is 11.1. The second-order valence-corrected chi connectivity index (χ2v) is 27.1. The summed E-state index contributed by atoms with van der Waals surface area (Å²) in [7, 11) is 8.20. The van der Waals surface area contributed by atoms with Crippen molar-refractivity contribution in [2.75, 3.05) is 0 Å². The van der Waals surface area contributed by atoms with Crippen molar-refractivity contribution < 1.29 is 35.9 Å². The molecule has 0 saturated heterocycles. The zero-order valence-corrected chi connectivity index (χ0v) is 60.5. The number of hydrogen-bond donors (Lipinski definition) is 0. The lowest BCUT2D eigenvalue weighted by Crippen LogP contribution is -2.30. The van der Waals surface area contributed by atoms with Crippen molar-refractivity contribution >= 4 is 99.1 Å². The number of pyridine rings is 4. The minimum absolute atomic E-state index is 0.589. The molecular weight excluding hydrogens is 1310 g/mol. The Balaban J connectivity index is 0.000000114. The van der Waals surface area contributed by atoms with E-state index in [0.717, 1.165) is 155 Å². The average molecular weight is 1380 g/mol. The van der Waals surface area contributed by atoms with E-state index in [-0.39, 0.29) is 0 Å². The summed E-state index contributed by atoms with van der Waals surface area (Å²) in [5, 5.41) is 27.1.